The molecule has 0 unspecified atom stereocenters. The Kier molecular flexibility index (Phi) is 4.79. The number of H-pyrrole nitrogens is 1. The molecule has 0 aromatic carbocycles. The van der Waals surface area contributed by atoms with Gasteiger partial charge in [0, 0.05) is 40.5 Å². The van der Waals surface area contributed by atoms with Crippen LogP contribution < -0.4 is 10.6 Å². The van der Waals surface area contributed by atoms with Gasteiger partial charge in [-0.15, -0.1) is 0 Å². The number of nitrogens with one attached hydrogen (secondary N) is 3. The minimum atomic E-state index is 0.386. The highest BCUT2D eigenvalue weighted by atomic mass is 15.1. The van der Waals surface area contributed by atoms with Gasteiger partial charge in [0.05, 0.1) is 11.7 Å². The van der Waals surface area contributed by atoms with Gasteiger partial charge in [0.25, 0.3) is 0 Å². The molecule has 0 amide bonds. The largest absolute Gasteiger partial charge is 0.366 e. The molecule has 4 aromatic rings. The summed E-state index contributed by atoms with van der Waals surface area (Å²) >= 11 is 0. The highest BCUT2D eigenvalue weighted by Crippen LogP contribution is 2.41. The Morgan fingerprint density at radius 1 is 1.12 bits per heavy atom. The van der Waals surface area contributed by atoms with Gasteiger partial charge >= 0.3 is 0 Å². The average Bonchev–Trinajstić information content (AvgIpc) is 3.14. The van der Waals surface area contributed by atoms with E-state index in [0.29, 0.717) is 17.9 Å². The van der Waals surface area contributed by atoms with E-state index in [-0.39, 0.29) is 0 Å². The number of aromatic nitrogens is 5. The van der Waals surface area contributed by atoms with Crippen molar-refractivity contribution in [3.8, 4) is 11.4 Å². The van der Waals surface area contributed by atoms with Crippen LogP contribution >= 0.6 is 0 Å². The summed E-state index contributed by atoms with van der Waals surface area (Å²) in [6, 6.07) is 4.52. The molecule has 5 heterocycles. The second-order valence-corrected chi connectivity index (χ2v) is 9.44. The van der Waals surface area contributed by atoms with E-state index >= 15 is 0 Å². The number of aryl methyl sites for hydroxylation is 1. The van der Waals surface area contributed by atoms with E-state index in [4.69, 9.17) is 9.97 Å². The summed E-state index contributed by atoms with van der Waals surface area (Å²) in [5.41, 5.74) is 5.15. The van der Waals surface area contributed by atoms with E-state index in [2.05, 4.69) is 38.6 Å². The Balaban J connectivity index is 1.54. The van der Waals surface area contributed by atoms with Gasteiger partial charge in [-0.2, -0.15) is 0 Å². The van der Waals surface area contributed by atoms with Gasteiger partial charge in [-0.05, 0) is 68.8 Å². The van der Waals surface area contributed by atoms with Crippen LogP contribution in [0.2, 0.25) is 0 Å². The molecule has 0 radical (unpaired) electrons. The Bertz CT molecular complexity index is 1290. The third kappa shape index (κ3) is 3.32. The van der Waals surface area contributed by atoms with E-state index in [9.17, 15) is 0 Å². The number of hydrogen-bond acceptors (Lipinski definition) is 6. The quantitative estimate of drug-likeness (QED) is 0.442. The number of anilines is 1. The Morgan fingerprint density at radius 2 is 2.03 bits per heavy atom. The molecule has 1 saturated carbocycles. The minimum Gasteiger partial charge on any atom is -0.366 e. The molecule has 1 saturated heterocycles. The first-order valence-electron chi connectivity index (χ1n) is 11.7. The maximum atomic E-state index is 5.15. The van der Waals surface area contributed by atoms with Crippen molar-refractivity contribution in [3.63, 3.8) is 0 Å². The van der Waals surface area contributed by atoms with E-state index in [1.165, 1.54) is 24.8 Å². The Hall–Kier alpha value is -3.06. The summed E-state index contributed by atoms with van der Waals surface area (Å²) in [7, 11) is 0. The molecule has 7 nitrogen and oxygen atoms in total. The second kappa shape index (κ2) is 7.81. The summed E-state index contributed by atoms with van der Waals surface area (Å²) in [5, 5.41) is 9.54. The van der Waals surface area contributed by atoms with Crippen molar-refractivity contribution < 1.29 is 0 Å². The summed E-state index contributed by atoms with van der Waals surface area (Å²) in [5.74, 6) is 2.77. The first kappa shape index (κ1) is 19.6. The van der Waals surface area contributed by atoms with Crippen LogP contribution in [0.3, 0.4) is 0 Å². The third-order valence-electron chi connectivity index (χ3n) is 7.20. The highest BCUT2D eigenvalue weighted by Gasteiger charge is 2.27. The number of hydrogen-bond donors (Lipinski definition) is 3. The predicted molar refractivity (Wildman–Crippen MR) is 128 cm³/mol. The molecule has 0 bridgehead atoms. The van der Waals surface area contributed by atoms with E-state index in [1.54, 1.807) is 0 Å². The number of fused-ring (bicyclic) bond motifs is 2. The van der Waals surface area contributed by atoms with Crippen molar-refractivity contribution in [2.45, 2.75) is 51.5 Å². The first-order valence-corrected chi connectivity index (χ1v) is 11.7. The van der Waals surface area contributed by atoms with Crippen molar-refractivity contribution in [1.29, 1.82) is 0 Å². The molecule has 4 aromatic heterocycles. The number of rotatable bonds is 4. The molecule has 164 valence electrons. The molecule has 1 aliphatic heterocycles. The fraction of sp³-hybridized carbons (Fsp3) is 0.440. The van der Waals surface area contributed by atoms with Crippen LogP contribution in [0.4, 0.5) is 5.82 Å². The maximum absolute atomic E-state index is 5.15. The Morgan fingerprint density at radius 3 is 2.84 bits per heavy atom. The van der Waals surface area contributed by atoms with Crippen LogP contribution in [-0.4, -0.2) is 44.1 Å². The van der Waals surface area contributed by atoms with Crippen molar-refractivity contribution in [3.05, 3.63) is 42.0 Å². The zero-order valence-electron chi connectivity index (χ0n) is 18.7. The lowest BCUT2D eigenvalue weighted by Gasteiger charge is -2.32. The van der Waals surface area contributed by atoms with Gasteiger partial charge in [0.15, 0.2) is 5.82 Å². The van der Waals surface area contributed by atoms with Gasteiger partial charge in [-0.25, -0.2) is 15.0 Å². The van der Waals surface area contributed by atoms with Crippen molar-refractivity contribution in [2.24, 2.45) is 5.92 Å². The predicted octanol–water partition coefficient (Wildman–Crippen LogP) is 4.55. The number of pyridine rings is 2. The lowest BCUT2D eigenvalue weighted by atomic mass is 9.79. The van der Waals surface area contributed by atoms with E-state index in [0.717, 1.165) is 64.3 Å². The van der Waals surface area contributed by atoms with Crippen LogP contribution in [0.25, 0.3) is 33.3 Å². The Labute approximate surface area is 187 Å². The van der Waals surface area contributed by atoms with Crippen LogP contribution in [0, 0.1) is 12.8 Å². The average molecular weight is 428 g/mol. The van der Waals surface area contributed by atoms with Crippen molar-refractivity contribution in [1.82, 2.24) is 30.2 Å². The molecular formula is C25H29N7. The smallest absolute Gasteiger partial charge is 0.163 e. The molecule has 2 fully saturated rings. The fourth-order valence-electron chi connectivity index (χ4n) is 5.12. The fourth-order valence-corrected chi connectivity index (χ4v) is 5.12. The standard InChI is InChI=1S/C25H29N7/c1-14-11-26-8-7-20(14)30-25-22-19(16-4-3-5-16)12-27-13-21(22)31-24(32-25)17-6-9-28-23-18(17)10-15(2)29-23/h6,9-10,12-14,16,20,26H,3-5,7-8,11H2,1-2H3,(H,28,29)(H,30,31,32)/t14-,20-/m0/s1. The van der Waals surface area contributed by atoms with Crippen molar-refractivity contribution >= 4 is 27.8 Å². The second-order valence-electron chi connectivity index (χ2n) is 9.44. The van der Waals surface area contributed by atoms with E-state index in [1.807, 2.05) is 31.6 Å². The summed E-state index contributed by atoms with van der Waals surface area (Å²) in [4.78, 5) is 22.5. The van der Waals surface area contributed by atoms with Crippen LogP contribution in [0.1, 0.15) is 49.8 Å². The number of nitrogens with zero attached hydrogens (tertiary/aromatic N) is 4. The topological polar surface area (TPSA) is 91.4 Å². The van der Waals surface area contributed by atoms with Gasteiger partial charge in [-0.3, -0.25) is 4.98 Å². The molecular weight excluding hydrogens is 398 g/mol. The summed E-state index contributed by atoms with van der Waals surface area (Å²) in [6.45, 7) is 6.41. The first-order chi connectivity index (χ1) is 15.7. The lowest BCUT2D eigenvalue weighted by Crippen LogP contribution is -2.42. The molecule has 6 rings (SSSR count). The normalized spacial score (nSPS) is 21.7. The van der Waals surface area contributed by atoms with Crippen LogP contribution in [-0.2, 0) is 0 Å². The minimum absolute atomic E-state index is 0.386. The lowest BCUT2D eigenvalue weighted by molar-refractivity contribution is 0.368. The molecule has 2 aliphatic rings. The van der Waals surface area contributed by atoms with E-state index < -0.39 is 0 Å². The summed E-state index contributed by atoms with van der Waals surface area (Å²) < 4.78 is 0. The van der Waals surface area contributed by atoms with Crippen LogP contribution in [0.15, 0.2) is 30.7 Å². The third-order valence-corrected chi connectivity index (χ3v) is 7.20. The molecule has 7 heteroatoms. The maximum Gasteiger partial charge on any atom is 0.163 e. The summed E-state index contributed by atoms with van der Waals surface area (Å²) in [6.07, 6.45) is 10.6. The SMILES string of the molecule is Cc1cc2c(-c3nc(N[C@H]4CCNC[C@@H]4C)c4c(C5CCC5)cncc4n3)ccnc2[nH]1. The van der Waals surface area contributed by atoms with Gasteiger partial charge in [0.1, 0.15) is 11.5 Å². The number of aromatic amines is 1. The van der Waals surface area contributed by atoms with Crippen LogP contribution in [0.5, 0.6) is 0 Å². The molecule has 0 spiro atoms. The van der Waals surface area contributed by atoms with Gasteiger partial charge in [-0.1, -0.05) is 13.3 Å². The van der Waals surface area contributed by atoms with Gasteiger partial charge < -0.3 is 15.6 Å². The zero-order chi connectivity index (χ0) is 21.7. The highest BCUT2D eigenvalue weighted by molar-refractivity contribution is 5.97. The molecule has 1 aliphatic carbocycles. The van der Waals surface area contributed by atoms with Crippen molar-refractivity contribution in [2.75, 3.05) is 18.4 Å². The molecule has 2 atom stereocenters. The molecule has 3 N–H and O–H groups in total. The monoisotopic (exact) mass is 427 g/mol. The van der Waals surface area contributed by atoms with Gasteiger partial charge in [0.2, 0.25) is 0 Å². The zero-order valence-corrected chi connectivity index (χ0v) is 18.7. The molecule has 32 heavy (non-hydrogen) atoms. The number of piperidine rings is 1.